The zero-order chi connectivity index (χ0) is 2.00. The molecule has 0 atom stereocenters. The average Bonchev–Trinajstić information content (AvgIpc) is 1.00. The maximum atomic E-state index is 8.25. The summed E-state index contributed by atoms with van der Waals surface area (Å²) >= 11 is 0.750. The Balaban J connectivity index is -0.00000000500. The number of hydrogen-bond donors (Lipinski definition) is 0. The van der Waals surface area contributed by atoms with E-state index in [2.05, 4.69) is 0 Å². The molecule has 0 rings (SSSR count). The van der Waals surface area contributed by atoms with E-state index >= 15 is 0 Å². The van der Waals surface area contributed by atoms with Crippen LogP contribution in [0.1, 0.15) is 0 Å². The first kappa shape index (κ1) is 18.3. The zero-order valence-corrected chi connectivity index (χ0v) is 9.17. The molecule has 0 aromatic carbocycles. The van der Waals surface area contributed by atoms with Crippen molar-refractivity contribution in [3.63, 3.8) is 0 Å². The van der Waals surface area contributed by atoms with E-state index in [1.54, 1.807) is 0 Å². The molecule has 0 fully saturated rings. The van der Waals surface area contributed by atoms with Gasteiger partial charge in [-0.3, -0.25) is 0 Å². The molecule has 0 spiro atoms. The summed E-state index contributed by atoms with van der Waals surface area (Å²) in [5.74, 6) is 0. The van der Waals surface area contributed by atoms with Crippen molar-refractivity contribution in [1.29, 1.82) is 0 Å². The Morgan fingerprint density at radius 1 is 1.25 bits per heavy atom. The van der Waals surface area contributed by atoms with Crippen molar-refractivity contribution in [1.82, 2.24) is 0 Å². The summed E-state index contributed by atoms with van der Waals surface area (Å²) in [7, 11) is 0. The molecule has 0 aliphatic carbocycles. The minimum absolute atomic E-state index is 0. The van der Waals surface area contributed by atoms with Crippen LogP contribution in [-0.2, 0) is 23.7 Å². The summed E-state index contributed by atoms with van der Waals surface area (Å²) in [5, 5.41) is 0. The summed E-state index contributed by atoms with van der Waals surface area (Å²) in [4.78, 5) is 0. The number of hydrogen-bond acceptors (Lipinski definition) is 1. The van der Waals surface area contributed by atoms with Gasteiger partial charge in [0, 0.05) is 0 Å². The van der Waals surface area contributed by atoms with Gasteiger partial charge in [-0.1, -0.05) is 0 Å². The molecule has 2 nitrogen and oxygen atoms in total. The minimum atomic E-state index is 0. The second-order valence-electron chi connectivity index (χ2n) is 0. The Morgan fingerprint density at radius 3 is 1.25 bits per heavy atom. The van der Waals surface area contributed by atoms with E-state index in [9.17, 15) is 0 Å². The van der Waals surface area contributed by atoms with E-state index in [1.165, 1.54) is 0 Å². The van der Waals surface area contributed by atoms with Crippen LogP contribution in [0.15, 0.2) is 0 Å². The van der Waals surface area contributed by atoms with Gasteiger partial charge in [-0.15, -0.1) is 0 Å². The van der Waals surface area contributed by atoms with Gasteiger partial charge in [0.1, 0.15) is 0 Å². The van der Waals surface area contributed by atoms with Gasteiger partial charge in [0.15, 0.2) is 0 Å². The van der Waals surface area contributed by atoms with Crippen LogP contribution in [0.5, 0.6) is 0 Å². The third kappa shape index (κ3) is 10.1. The first-order valence-corrected chi connectivity index (χ1v) is 0.842. The van der Waals surface area contributed by atoms with Gasteiger partial charge in [0.2, 0.25) is 0 Å². The van der Waals surface area contributed by atoms with Crippen molar-refractivity contribution in [3.8, 4) is 0 Å². The first-order chi connectivity index (χ1) is 1.00. The Kier molecular flexibility index (Phi) is 122. The molecule has 0 saturated carbocycles. The monoisotopic (exact) mass is 294 g/mol. The molecule has 0 bridgehead atoms. The van der Waals surface area contributed by atoms with Crippen molar-refractivity contribution in [2.24, 2.45) is 0 Å². The molecular formula is H5BiO2Ti. The number of rotatable bonds is 0. The quantitative estimate of drug-likeness (QED) is 0.471. The molecule has 26 valence electrons. The van der Waals surface area contributed by atoms with E-state index in [1.807, 2.05) is 0 Å². The molecule has 4 heavy (non-hydrogen) atoms. The van der Waals surface area contributed by atoms with E-state index in [0.717, 1.165) is 20.4 Å². The SMILES string of the molecule is O.[BiH3].[O]=[Ti]. The van der Waals surface area contributed by atoms with Gasteiger partial charge < -0.3 is 5.48 Å². The van der Waals surface area contributed by atoms with E-state index in [0.29, 0.717) is 0 Å². The topological polar surface area (TPSA) is 48.6 Å². The summed E-state index contributed by atoms with van der Waals surface area (Å²) in [6, 6.07) is 0. The Morgan fingerprint density at radius 2 is 1.25 bits per heavy atom. The van der Waals surface area contributed by atoms with E-state index in [-0.39, 0.29) is 31.7 Å². The second kappa shape index (κ2) is 26.7. The third-order valence-electron chi connectivity index (χ3n) is 0. The molecule has 0 saturated heterocycles. The van der Waals surface area contributed by atoms with Gasteiger partial charge in [-0.2, -0.15) is 0 Å². The van der Waals surface area contributed by atoms with Gasteiger partial charge in [0.05, 0.1) is 0 Å². The second-order valence-corrected chi connectivity index (χ2v) is 0. The zero-order valence-electron chi connectivity index (χ0n) is 2.12. The predicted octanol–water partition coefficient (Wildman–Crippen LogP) is -2.13. The summed E-state index contributed by atoms with van der Waals surface area (Å²) in [5.41, 5.74) is 0. The summed E-state index contributed by atoms with van der Waals surface area (Å²) in [6.45, 7) is 0. The van der Waals surface area contributed by atoms with Crippen LogP contribution in [0.3, 0.4) is 0 Å². The Bertz CT molecular complexity index is 6.00. The predicted molar refractivity (Wildman–Crippen MR) is 14.2 cm³/mol. The molecule has 0 aliphatic heterocycles. The fraction of sp³-hybridized carbons (Fsp3) is 0. The first-order valence-electron chi connectivity index (χ1n) is 0.204. The molecule has 0 aromatic rings. The van der Waals surface area contributed by atoms with Gasteiger partial charge in [-0.25, -0.2) is 0 Å². The normalized spacial score (nSPS) is 0.750. The van der Waals surface area contributed by atoms with Crippen LogP contribution in [0, 0.1) is 0 Å². The summed E-state index contributed by atoms with van der Waals surface area (Å²) in [6.07, 6.45) is 0. The van der Waals surface area contributed by atoms with Crippen molar-refractivity contribution in [2.75, 3.05) is 0 Å². The van der Waals surface area contributed by atoms with Crippen molar-refractivity contribution in [3.05, 3.63) is 0 Å². The fourth-order valence-electron chi connectivity index (χ4n) is 0. The molecular weight excluding hydrogens is 289 g/mol. The molecule has 0 unspecified atom stereocenters. The Labute approximate surface area is 55.1 Å². The van der Waals surface area contributed by atoms with Crippen LogP contribution >= 0.6 is 0 Å². The molecule has 0 heterocycles. The summed E-state index contributed by atoms with van der Waals surface area (Å²) < 4.78 is 8.25. The van der Waals surface area contributed by atoms with Crippen molar-refractivity contribution >= 4 is 26.2 Å². The Hall–Kier alpha value is 1.36. The average molecular weight is 294 g/mol. The molecule has 2 N–H and O–H groups in total. The molecule has 0 aliphatic rings. The van der Waals surface area contributed by atoms with E-state index in [4.69, 9.17) is 3.32 Å². The van der Waals surface area contributed by atoms with Gasteiger partial charge >= 0.3 is 49.9 Å². The van der Waals surface area contributed by atoms with Crippen LogP contribution in [0.25, 0.3) is 0 Å². The molecule has 4 heteroatoms. The van der Waals surface area contributed by atoms with Crippen molar-refractivity contribution < 1.29 is 29.2 Å². The molecule has 0 amide bonds. The molecule has 0 aromatic heterocycles. The third-order valence-corrected chi connectivity index (χ3v) is 0. The van der Waals surface area contributed by atoms with Gasteiger partial charge in [-0.05, 0) is 0 Å². The van der Waals surface area contributed by atoms with Crippen LogP contribution in [-0.4, -0.2) is 31.7 Å². The van der Waals surface area contributed by atoms with E-state index < -0.39 is 0 Å². The van der Waals surface area contributed by atoms with Crippen LogP contribution in [0.2, 0.25) is 0 Å². The maximum absolute atomic E-state index is 8.25. The van der Waals surface area contributed by atoms with Crippen molar-refractivity contribution in [2.45, 2.75) is 0 Å². The standard InChI is InChI=1S/Bi.H2O.O.Ti.3H/h;1H2;;;;;. The fourth-order valence-corrected chi connectivity index (χ4v) is 0. The molecule has 0 radical (unpaired) electrons. The van der Waals surface area contributed by atoms with Crippen LogP contribution in [0.4, 0.5) is 0 Å². The van der Waals surface area contributed by atoms with Crippen LogP contribution < -0.4 is 0 Å². The van der Waals surface area contributed by atoms with Gasteiger partial charge in [0.25, 0.3) is 0 Å².